The summed E-state index contributed by atoms with van der Waals surface area (Å²) in [6.07, 6.45) is -1.33. The Balaban J connectivity index is 3.18. The minimum atomic E-state index is -3.50. The molecule has 8 heteroatoms. The Kier molecular flexibility index (Phi) is 3.49. The van der Waals surface area contributed by atoms with E-state index in [-0.39, 0.29) is 0 Å². The van der Waals surface area contributed by atoms with Crippen molar-refractivity contribution in [3.8, 4) is 0 Å². The lowest BCUT2D eigenvalue weighted by molar-refractivity contribution is -0.160. The molecule has 1 aliphatic heterocycles. The van der Waals surface area contributed by atoms with Crippen molar-refractivity contribution in [3.63, 3.8) is 0 Å². The zero-order valence-corrected chi connectivity index (χ0v) is 10.3. The van der Waals surface area contributed by atoms with Crippen molar-refractivity contribution in [2.75, 3.05) is 18.6 Å². The first kappa shape index (κ1) is 13.9. The van der Waals surface area contributed by atoms with Gasteiger partial charge in [-0.25, -0.2) is 8.42 Å². The summed E-state index contributed by atoms with van der Waals surface area (Å²) in [5.74, 6) is -4.39. The molecule has 1 aliphatic rings. The van der Waals surface area contributed by atoms with E-state index in [0.717, 1.165) is 6.92 Å². The first-order valence-corrected chi connectivity index (χ1v) is 6.81. The minimum Gasteiger partial charge on any atom is -0.480 e. The molecule has 0 saturated carbocycles. The van der Waals surface area contributed by atoms with Crippen LogP contribution >= 0.6 is 0 Å². The maximum atomic E-state index is 11.6. The van der Waals surface area contributed by atoms with Gasteiger partial charge in [-0.3, -0.25) is 9.59 Å². The second-order valence-corrected chi connectivity index (χ2v) is 6.49. The molecule has 1 amide bonds. The highest BCUT2D eigenvalue weighted by Gasteiger charge is 2.55. The second-order valence-electron chi connectivity index (χ2n) is 4.34. The van der Waals surface area contributed by atoms with Gasteiger partial charge in [0.2, 0.25) is 5.91 Å². The summed E-state index contributed by atoms with van der Waals surface area (Å²) in [4.78, 5) is 22.8. The van der Waals surface area contributed by atoms with Crippen LogP contribution in [0.1, 0.15) is 6.92 Å². The number of rotatable bonds is 3. The molecule has 17 heavy (non-hydrogen) atoms. The SMILES string of the molecule is CNC(=O)C(C)(C(=O)O)C1CS(=O)(=O)CC1O. The van der Waals surface area contributed by atoms with E-state index in [1.54, 1.807) is 0 Å². The van der Waals surface area contributed by atoms with E-state index < -0.39 is 50.7 Å². The van der Waals surface area contributed by atoms with Crippen LogP contribution in [0.3, 0.4) is 0 Å². The highest BCUT2D eigenvalue weighted by molar-refractivity contribution is 7.91. The summed E-state index contributed by atoms with van der Waals surface area (Å²) in [6, 6.07) is 0. The van der Waals surface area contributed by atoms with Crippen LogP contribution in [0.15, 0.2) is 0 Å². The van der Waals surface area contributed by atoms with E-state index in [1.165, 1.54) is 7.05 Å². The number of carbonyl (C=O) groups excluding carboxylic acids is 1. The van der Waals surface area contributed by atoms with Crippen molar-refractivity contribution in [3.05, 3.63) is 0 Å². The number of carbonyl (C=O) groups is 2. The van der Waals surface area contributed by atoms with Crippen molar-refractivity contribution in [2.45, 2.75) is 13.0 Å². The van der Waals surface area contributed by atoms with E-state index in [1.807, 2.05) is 0 Å². The highest BCUT2D eigenvalue weighted by atomic mass is 32.2. The van der Waals surface area contributed by atoms with Gasteiger partial charge < -0.3 is 15.5 Å². The van der Waals surface area contributed by atoms with Gasteiger partial charge in [0.1, 0.15) is 5.41 Å². The minimum absolute atomic E-state index is 0.496. The van der Waals surface area contributed by atoms with Crippen LogP contribution in [-0.2, 0) is 19.4 Å². The number of sulfone groups is 1. The van der Waals surface area contributed by atoms with Gasteiger partial charge in [-0.1, -0.05) is 0 Å². The topological polar surface area (TPSA) is 121 Å². The molecule has 3 atom stereocenters. The molecular formula is C9H15NO6S. The van der Waals surface area contributed by atoms with Crippen LogP contribution < -0.4 is 5.32 Å². The van der Waals surface area contributed by atoms with Gasteiger partial charge in [-0.15, -0.1) is 0 Å². The van der Waals surface area contributed by atoms with Crippen molar-refractivity contribution < 1.29 is 28.2 Å². The number of amides is 1. The number of aliphatic hydroxyl groups is 1. The average Bonchev–Trinajstić information content (AvgIpc) is 2.49. The summed E-state index contributed by atoms with van der Waals surface area (Å²) < 4.78 is 22.7. The average molecular weight is 265 g/mol. The number of aliphatic hydroxyl groups excluding tert-OH is 1. The molecule has 1 heterocycles. The van der Waals surface area contributed by atoms with E-state index in [4.69, 9.17) is 5.11 Å². The molecule has 98 valence electrons. The summed E-state index contributed by atoms with van der Waals surface area (Å²) in [5.41, 5.74) is -1.95. The van der Waals surface area contributed by atoms with Crippen LogP contribution in [0, 0.1) is 11.3 Å². The number of aliphatic carboxylic acids is 1. The quantitative estimate of drug-likeness (QED) is 0.519. The van der Waals surface area contributed by atoms with Crippen molar-refractivity contribution in [1.82, 2.24) is 5.32 Å². The molecule has 1 fully saturated rings. The Hall–Kier alpha value is -1.15. The molecule has 0 aromatic rings. The number of nitrogens with one attached hydrogen (secondary N) is 1. The Labute approximate surface area is 98.7 Å². The molecule has 1 saturated heterocycles. The fourth-order valence-electron chi connectivity index (χ4n) is 2.06. The summed E-state index contributed by atoms with van der Waals surface area (Å²) in [6.45, 7) is 1.13. The van der Waals surface area contributed by atoms with Crippen molar-refractivity contribution in [2.24, 2.45) is 11.3 Å². The Morgan fingerprint density at radius 1 is 1.35 bits per heavy atom. The Morgan fingerprint density at radius 3 is 2.18 bits per heavy atom. The fraction of sp³-hybridized carbons (Fsp3) is 0.778. The third-order valence-corrected chi connectivity index (χ3v) is 4.92. The number of hydrogen-bond donors (Lipinski definition) is 3. The number of carboxylic acids is 1. The van der Waals surface area contributed by atoms with Gasteiger partial charge in [0.05, 0.1) is 17.6 Å². The largest absolute Gasteiger partial charge is 0.480 e. The molecule has 0 aromatic heterocycles. The lowest BCUT2D eigenvalue weighted by Crippen LogP contribution is -2.51. The van der Waals surface area contributed by atoms with E-state index >= 15 is 0 Å². The predicted octanol–water partition coefficient (Wildman–Crippen LogP) is -1.77. The van der Waals surface area contributed by atoms with Crippen LogP contribution in [0.2, 0.25) is 0 Å². The number of hydrogen-bond acceptors (Lipinski definition) is 5. The van der Waals surface area contributed by atoms with Crippen LogP contribution in [0.25, 0.3) is 0 Å². The van der Waals surface area contributed by atoms with Crippen LogP contribution in [0.4, 0.5) is 0 Å². The fourth-order valence-corrected chi connectivity index (χ4v) is 4.06. The molecule has 0 spiro atoms. The maximum absolute atomic E-state index is 11.6. The van der Waals surface area contributed by atoms with Crippen molar-refractivity contribution >= 4 is 21.7 Å². The lowest BCUT2D eigenvalue weighted by atomic mass is 9.74. The van der Waals surface area contributed by atoms with Crippen molar-refractivity contribution in [1.29, 1.82) is 0 Å². The van der Waals surface area contributed by atoms with Gasteiger partial charge in [-0.05, 0) is 6.92 Å². The molecular weight excluding hydrogens is 250 g/mol. The summed E-state index contributed by atoms with van der Waals surface area (Å²) in [7, 11) is -2.23. The van der Waals surface area contributed by atoms with E-state index in [0.29, 0.717) is 0 Å². The van der Waals surface area contributed by atoms with E-state index in [2.05, 4.69) is 5.32 Å². The second kappa shape index (κ2) is 4.26. The summed E-state index contributed by atoms with van der Waals surface area (Å²) in [5, 5.41) is 20.9. The first-order valence-electron chi connectivity index (χ1n) is 4.99. The molecule has 3 N–H and O–H groups in total. The standard InChI is InChI=1S/C9H15NO6S/c1-9(8(13)14,7(12)10-2)5-3-17(15,16)4-6(5)11/h5-6,11H,3-4H2,1-2H3,(H,10,12)(H,13,14). The van der Waals surface area contributed by atoms with Crippen LogP contribution in [-0.4, -0.2) is 55.2 Å². The molecule has 7 nitrogen and oxygen atoms in total. The third-order valence-electron chi connectivity index (χ3n) is 3.21. The highest BCUT2D eigenvalue weighted by Crippen LogP contribution is 2.36. The normalized spacial score (nSPS) is 30.5. The molecule has 0 aliphatic carbocycles. The van der Waals surface area contributed by atoms with E-state index in [9.17, 15) is 23.1 Å². The zero-order chi connectivity index (χ0) is 13.4. The van der Waals surface area contributed by atoms with Gasteiger partial charge in [0.25, 0.3) is 0 Å². The van der Waals surface area contributed by atoms with Crippen LogP contribution in [0.5, 0.6) is 0 Å². The zero-order valence-electron chi connectivity index (χ0n) is 9.50. The monoisotopic (exact) mass is 265 g/mol. The molecule has 0 radical (unpaired) electrons. The van der Waals surface area contributed by atoms with Gasteiger partial charge >= 0.3 is 5.97 Å². The van der Waals surface area contributed by atoms with Gasteiger partial charge in [-0.2, -0.15) is 0 Å². The maximum Gasteiger partial charge on any atom is 0.319 e. The molecule has 0 bridgehead atoms. The first-order chi connectivity index (χ1) is 7.65. The molecule has 3 unspecified atom stereocenters. The smallest absolute Gasteiger partial charge is 0.319 e. The third kappa shape index (κ3) is 2.27. The molecule has 1 rings (SSSR count). The molecule has 0 aromatic carbocycles. The lowest BCUT2D eigenvalue weighted by Gasteiger charge is -2.30. The Bertz CT molecular complexity index is 444. The Morgan fingerprint density at radius 2 is 1.88 bits per heavy atom. The predicted molar refractivity (Wildman–Crippen MR) is 58.0 cm³/mol. The number of carboxylic acid groups (broad SMARTS) is 1. The van der Waals surface area contributed by atoms with Gasteiger partial charge in [0, 0.05) is 13.0 Å². The van der Waals surface area contributed by atoms with Gasteiger partial charge in [0.15, 0.2) is 9.84 Å². The summed E-state index contributed by atoms with van der Waals surface area (Å²) >= 11 is 0.